The summed E-state index contributed by atoms with van der Waals surface area (Å²) in [6.45, 7) is 9.04. The molecule has 2 fully saturated rings. The van der Waals surface area contributed by atoms with Crippen molar-refractivity contribution in [2.75, 3.05) is 32.7 Å². The van der Waals surface area contributed by atoms with E-state index < -0.39 is 10.0 Å². The molecule has 0 amide bonds. The van der Waals surface area contributed by atoms with Gasteiger partial charge in [-0.2, -0.15) is 4.31 Å². The van der Waals surface area contributed by atoms with E-state index in [-0.39, 0.29) is 0 Å². The third-order valence-electron chi connectivity index (χ3n) is 4.53. The highest BCUT2D eigenvalue weighted by Gasteiger charge is 2.44. The summed E-state index contributed by atoms with van der Waals surface area (Å²) < 4.78 is 27.0. The van der Waals surface area contributed by atoms with E-state index in [1.165, 1.54) is 0 Å². The predicted octanol–water partition coefficient (Wildman–Crippen LogP) is 1.89. The largest absolute Gasteiger partial charge is 0.302 e. The maximum absolute atomic E-state index is 12.6. The summed E-state index contributed by atoms with van der Waals surface area (Å²) in [4.78, 5) is 2.91. The fraction of sp³-hybridized carbons (Fsp3) is 0.625. The van der Waals surface area contributed by atoms with Crippen LogP contribution in [0.2, 0.25) is 0 Å². The second kappa shape index (κ2) is 5.71. The minimum Gasteiger partial charge on any atom is -0.302 e. The fourth-order valence-corrected chi connectivity index (χ4v) is 5.23. The quantitative estimate of drug-likeness (QED) is 0.853. The van der Waals surface area contributed by atoms with Crippen LogP contribution in [0.3, 0.4) is 0 Å². The lowest BCUT2D eigenvalue weighted by Gasteiger charge is -2.22. The van der Waals surface area contributed by atoms with E-state index in [4.69, 9.17) is 0 Å². The third-order valence-corrected chi connectivity index (χ3v) is 6.38. The molecule has 0 saturated carbocycles. The lowest BCUT2D eigenvalue weighted by Crippen LogP contribution is -2.34. The van der Waals surface area contributed by atoms with Crippen molar-refractivity contribution >= 4 is 10.0 Å². The molecule has 3 rings (SSSR count). The number of fused-ring (bicyclic) bond motifs is 1. The summed E-state index contributed by atoms with van der Waals surface area (Å²) >= 11 is 0. The molecular formula is C16H24N2O2S. The second-order valence-electron chi connectivity index (χ2n) is 6.77. The van der Waals surface area contributed by atoms with Crippen molar-refractivity contribution < 1.29 is 8.42 Å². The first kappa shape index (κ1) is 15.0. The van der Waals surface area contributed by atoms with Gasteiger partial charge >= 0.3 is 0 Å². The minimum atomic E-state index is -3.31. The molecule has 1 aromatic carbocycles. The minimum absolute atomic E-state index is 0.420. The molecule has 116 valence electrons. The highest BCUT2D eigenvalue weighted by molar-refractivity contribution is 7.89. The van der Waals surface area contributed by atoms with Gasteiger partial charge in [0.2, 0.25) is 10.0 Å². The van der Waals surface area contributed by atoms with E-state index >= 15 is 0 Å². The van der Waals surface area contributed by atoms with Gasteiger partial charge in [0.25, 0.3) is 0 Å². The maximum Gasteiger partial charge on any atom is 0.243 e. The van der Waals surface area contributed by atoms with Gasteiger partial charge in [-0.3, -0.25) is 0 Å². The van der Waals surface area contributed by atoms with E-state index in [9.17, 15) is 8.42 Å². The molecule has 0 N–H and O–H groups in total. The van der Waals surface area contributed by atoms with Crippen molar-refractivity contribution in [2.24, 2.45) is 17.8 Å². The first-order chi connectivity index (χ1) is 9.96. The zero-order valence-corrected chi connectivity index (χ0v) is 13.6. The number of sulfonamides is 1. The van der Waals surface area contributed by atoms with Crippen LogP contribution in [0.4, 0.5) is 0 Å². The molecule has 21 heavy (non-hydrogen) atoms. The molecule has 0 aliphatic carbocycles. The van der Waals surface area contributed by atoms with E-state index in [0.29, 0.717) is 35.7 Å². The van der Waals surface area contributed by atoms with Crippen molar-refractivity contribution in [3.05, 3.63) is 30.3 Å². The van der Waals surface area contributed by atoms with Gasteiger partial charge in [0.05, 0.1) is 4.90 Å². The van der Waals surface area contributed by atoms with Crippen LogP contribution in [0, 0.1) is 17.8 Å². The second-order valence-corrected chi connectivity index (χ2v) is 8.71. The van der Waals surface area contributed by atoms with Crippen molar-refractivity contribution in [1.29, 1.82) is 0 Å². The molecule has 2 heterocycles. The van der Waals surface area contributed by atoms with Crippen LogP contribution in [0.5, 0.6) is 0 Å². The Hall–Kier alpha value is -0.910. The van der Waals surface area contributed by atoms with Gasteiger partial charge in [0.15, 0.2) is 0 Å². The van der Waals surface area contributed by atoms with Crippen LogP contribution in [0.1, 0.15) is 13.8 Å². The lowest BCUT2D eigenvalue weighted by molar-refractivity contribution is 0.267. The Labute approximate surface area is 127 Å². The highest BCUT2D eigenvalue weighted by atomic mass is 32.2. The Morgan fingerprint density at radius 1 is 1.05 bits per heavy atom. The van der Waals surface area contributed by atoms with Crippen LogP contribution >= 0.6 is 0 Å². The van der Waals surface area contributed by atoms with Gasteiger partial charge in [-0.05, 0) is 29.9 Å². The van der Waals surface area contributed by atoms with Gasteiger partial charge in [0.1, 0.15) is 0 Å². The van der Waals surface area contributed by atoms with Gasteiger partial charge in [-0.1, -0.05) is 32.0 Å². The number of hydrogen-bond acceptors (Lipinski definition) is 3. The molecule has 0 spiro atoms. The normalized spacial score (nSPS) is 27.4. The summed E-state index contributed by atoms with van der Waals surface area (Å²) in [7, 11) is -3.31. The molecule has 1 aromatic rings. The van der Waals surface area contributed by atoms with Crippen LogP contribution in [-0.2, 0) is 10.0 Å². The van der Waals surface area contributed by atoms with Crippen LogP contribution in [0.15, 0.2) is 35.2 Å². The Morgan fingerprint density at radius 3 is 2.14 bits per heavy atom. The van der Waals surface area contributed by atoms with Crippen molar-refractivity contribution in [2.45, 2.75) is 18.7 Å². The average Bonchev–Trinajstić information content (AvgIpc) is 2.97. The molecule has 0 unspecified atom stereocenters. The summed E-state index contributed by atoms with van der Waals surface area (Å²) in [5.41, 5.74) is 0. The Morgan fingerprint density at radius 2 is 1.62 bits per heavy atom. The zero-order chi connectivity index (χ0) is 15.0. The molecule has 2 aliphatic heterocycles. The van der Waals surface area contributed by atoms with Gasteiger partial charge in [0, 0.05) is 32.7 Å². The van der Waals surface area contributed by atoms with E-state index in [0.717, 1.165) is 19.6 Å². The lowest BCUT2D eigenvalue weighted by atomic mass is 10.0. The summed E-state index contributed by atoms with van der Waals surface area (Å²) in [5, 5.41) is 0. The topological polar surface area (TPSA) is 40.6 Å². The van der Waals surface area contributed by atoms with Crippen LogP contribution in [0.25, 0.3) is 0 Å². The molecule has 0 aromatic heterocycles. The summed E-state index contributed by atoms with van der Waals surface area (Å²) in [5.74, 6) is 1.68. The Balaban J connectivity index is 1.68. The molecule has 5 heteroatoms. The molecule has 2 aliphatic rings. The maximum atomic E-state index is 12.6. The monoisotopic (exact) mass is 308 g/mol. The standard InChI is InChI=1S/C16H24N2O2S/c1-13(2)8-17-9-14-11-18(12-15(14)10-17)21(19,20)16-6-4-3-5-7-16/h3-7,13-15H,8-12H2,1-2H3/t14-,15+. The number of rotatable bonds is 4. The molecule has 2 atom stereocenters. The van der Waals surface area contributed by atoms with Crippen molar-refractivity contribution in [1.82, 2.24) is 9.21 Å². The number of hydrogen-bond donors (Lipinski definition) is 0. The average molecular weight is 308 g/mol. The molecule has 0 radical (unpaired) electrons. The van der Waals surface area contributed by atoms with Crippen molar-refractivity contribution in [3.63, 3.8) is 0 Å². The fourth-order valence-electron chi connectivity index (χ4n) is 3.65. The number of likely N-dealkylation sites (tertiary alicyclic amines) is 1. The van der Waals surface area contributed by atoms with Crippen LogP contribution in [-0.4, -0.2) is 50.3 Å². The SMILES string of the molecule is CC(C)CN1C[C@@H]2CN(S(=O)(=O)c3ccccc3)C[C@@H]2C1. The predicted molar refractivity (Wildman–Crippen MR) is 83.5 cm³/mol. The van der Waals surface area contributed by atoms with Gasteiger partial charge in [-0.15, -0.1) is 0 Å². The van der Waals surface area contributed by atoms with Gasteiger partial charge < -0.3 is 4.90 Å². The zero-order valence-electron chi connectivity index (χ0n) is 12.8. The molecule has 0 bridgehead atoms. The third kappa shape index (κ3) is 3.00. The van der Waals surface area contributed by atoms with Crippen molar-refractivity contribution in [3.8, 4) is 0 Å². The summed E-state index contributed by atoms with van der Waals surface area (Å²) in [6, 6.07) is 8.80. The van der Waals surface area contributed by atoms with Crippen LogP contribution < -0.4 is 0 Å². The molecule has 4 nitrogen and oxygen atoms in total. The van der Waals surface area contributed by atoms with E-state index in [2.05, 4.69) is 18.7 Å². The van der Waals surface area contributed by atoms with Gasteiger partial charge in [-0.25, -0.2) is 8.42 Å². The first-order valence-corrected chi connectivity index (χ1v) is 9.18. The smallest absolute Gasteiger partial charge is 0.243 e. The number of benzene rings is 1. The highest BCUT2D eigenvalue weighted by Crippen LogP contribution is 2.34. The Bertz CT molecular complexity index is 572. The first-order valence-electron chi connectivity index (χ1n) is 7.74. The molecule has 2 saturated heterocycles. The summed E-state index contributed by atoms with van der Waals surface area (Å²) in [6.07, 6.45) is 0. The Kier molecular flexibility index (Phi) is 4.08. The van der Waals surface area contributed by atoms with E-state index in [1.807, 2.05) is 6.07 Å². The number of nitrogens with zero attached hydrogens (tertiary/aromatic N) is 2. The molecular weight excluding hydrogens is 284 g/mol. The van der Waals surface area contributed by atoms with E-state index in [1.54, 1.807) is 28.6 Å².